The fourth-order valence-electron chi connectivity index (χ4n) is 2.55. The number of nitrogens with one attached hydrogen (secondary N) is 1. The topological polar surface area (TPSA) is 43.4 Å². The minimum absolute atomic E-state index is 0.153. The molecule has 134 valence electrons. The third-order valence-electron chi connectivity index (χ3n) is 3.93. The number of halogens is 1. The number of ether oxygens (including phenoxy) is 2. The van der Waals surface area contributed by atoms with E-state index in [4.69, 9.17) is 9.47 Å². The molecule has 1 N–H and O–H groups in total. The van der Waals surface area contributed by atoms with E-state index in [0.717, 1.165) is 11.3 Å². The predicted molar refractivity (Wildman–Crippen MR) is 98.5 cm³/mol. The molecule has 0 saturated heterocycles. The molecule has 0 aliphatic rings. The molecule has 0 radical (unpaired) electrons. The highest BCUT2D eigenvalue weighted by atomic mass is 19.1. The van der Waals surface area contributed by atoms with Crippen LogP contribution in [-0.2, 0) is 19.7 Å². The van der Waals surface area contributed by atoms with Gasteiger partial charge in [-0.15, -0.1) is 0 Å². The van der Waals surface area contributed by atoms with Crippen molar-refractivity contribution >= 4 is 0 Å². The molecule has 0 bridgehead atoms. The van der Waals surface area contributed by atoms with Gasteiger partial charge in [0.1, 0.15) is 12.4 Å². The van der Waals surface area contributed by atoms with Crippen LogP contribution < -0.4 is 14.8 Å². The van der Waals surface area contributed by atoms with E-state index in [1.165, 1.54) is 6.07 Å². The second-order valence-electron chi connectivity index (χ2n) is 5.79. The van der Waals surface area contributed by atoms with Crippen LogP contribution in [0.15, 0.2) is 66.9 Å². The monoisotopic (exact) mass is 352 g/mol. The van der Waals surface area contributed by atoms with Crippen LogP contribution in [0.5, 0.6) is 11.5 Å². The Hall–Kier alpha value is -2.92. The van der Waals surface area contributed by atoms with Crippen molar-refractivity contribution in [1.29, 1.82) is 0 Å². The van der Waals surface area contributed by atoms with Gasteiger partial charge in [0.2, 0.25) is 0 Å². The summed E-state index contributed by atoms with van der Waals surface area (Å²) in [6.45, 7) is 1.52. The first kappa shape index (κ1) is 17.9. The van der Waals surface area contributed by atoms with Gasteiger partial charge in [0.15, 0.2) is 11.5 Å². The van der Waals surface area contributed by atoms with Gasteiger partial charge < -0.3 is 14.8 Å². The Kier molecular flexibility index (Phi) is 6.17. The van der Waals surface area contributed by atoms with Crippen LogP contribution in [0.3, 0.4) is 0 Å². The number of hydrogen-bond donors (Lipinski definition) is 1. The molecule has 5 heteroatoms. The van der Waals surface area contributed by atoms with Crippen molar-refractivity contribution in [3.8, 4) is 11.5 Å². The van der Waals surface area contributed by atoms with Gasteiger partial charge in [-0.25, -0.2) is 4.39 Å². The fourth-order valence-corrected chi connectivity index (χ4v) is 2.55. The second-order valence-corrected chi connectivity index (χ2v) is 5.79. The lowest BCUT2D eigenvalue weighted by Gasteiger charge is -2.13. The lowest BCUT2D eigenvalue weighted by atomic mass is 10.2. The smallest absolute Gasteiger partial charge is 0.161 e. The number of pyridine rings is 1. The molecule has 0 amide bonds. The Morgan fingerprint density at radius 2 is 1.81 bits per heavy atom. The minimum Gasteiger partial charge on any atom is -0.493 e. The molecule has 0 spiro atoms. The first-order valence-corrected chi connectivity index (χ1v) is 8.40. The van der Waals surface area contributed by atoms with Crippen LogP contribution >= 0.6 is 0 Å². The summed E-state index contributed by atoms with van der Waals surface area (Å²) in [4.78, 5) is 4.28. The van der Waals surface area contributed by atoms with Crippen molar-refractivity contribution in [2.75, 3.05) is 7.11 Å². The van der Waals surface area contributed by atoms with E-state index in [1.807, 2.05) is 36.4 Å². The first-order valence-electron chi connectivity index (χ1n) is 8.40. The van der Waals surface area contributed by atoms with Crippen LogP contribution in [0, 0.1) is 5.82 Å². The molecular weight excluding hydrogens is 331 g/mol. The van der Waals surface area contributed by atoms with Crippen LogP contribution in [0.1, 0.15) is 16.8 Å². The Morgan fingerprint density at radius 3 is 2.58 bits per heavy atom. The lowest BCUT2D eigenvalue weighted by Crippen LogP contribution is -2.13. The predicted octanol–water partition coefficient (Wildman–Crippen LogP) is 4.10. The largest absolute Gasteiger partial charge is 0.493 e. The molecule has 0 fully saturated rings. The summed E-state index contributed by atoms with van der Waals surface area (Å²) in [5, 5.41) is 3.35. The Labute approximate surface area is 152 Å². The number of aromatic nitrogens is 1. The zero-order valence-corrected chi connectivity index (χ0v) is 14.6. The van der Waals surface area contributed by atoms with Gasteiger partial charge >= 0.3 is 0 Å². The number of benzene rings is 2. The standard InChI is InChI=1S/C21H21FN2O2/c1-25-21-12-16(13-23-14-18-7-4-5-11-24-18)9-10-20(21)26-15-17-6-2-3-8-19(17)22/h2-12,23H,13-15H2,1H3. The normalized spacial score (nSPS) is 10.5. The minimum atomic E-state index is -0.276. The van der Waals surface area contributed by atoms with Crippen molar-refractivity contribution in [2.45, 2.75) is 19.7 Å². The average molecular weight is 352 g/mol. The van der Waals surface area contributed by atoms with Crippen LogP contribution in [0.2, 0.25) is 0 Å². The molecule has 4 nitrogen and oxygen atoms in total. The van der Waals surface area contributed by atoms with E-state index in [2.05, 4.69) is 10.3 Å². The van der Waals surface area contributed by atoms with Gasteiger partial charge in [0.25, 0.3) is 0 Å². The summed E-state index contributed by atoms with van der Waals surface area (Å²) in [7, 11) is 1.59. The number of methoxy groups -OCH3 is 1. The highest BCUT2D eigenvalue weighted by Gasteiger charge is 2.08. The summed E-state index contributed by atoms with van der Waals surface area (Å²) in [5.74, 6) is 0.935. The van der Waals surface area contributed by atoms with Gasteiger partial charge in [-0.3, -0.25) is 4.98 Å². The summed E-state index contributed by atoms with van der Waals surface area (Å²) < 4.78 is 24.8. The van der Waals surface area contributed by atoms with Crippen molar-refractivity contribution in [2.24, 2.45) is 0 Å². The van der Waals surface area contributed by atoms with Crippen LogP contribution in [-0.4, -0.2) is 12.1 Å². The Bertz CT molecular complexity index is 840. The van der Waals surface area contributed by atoms with E-state index < -0.39 is 0 Å². The summed E-state index contributed by atoms with van der Waals surface area (Å²) >= 11 is 0. The second kappa shape index (κ2) is 8.97. The van der Waals surface area contributed by atoms with E-state index in [-0.39, 0.29) is 12.4 Å². The molecule has 1 heterocycles. The fraction of sp³-hybridized carbons (Fsp3) is 0.190. The first-order chi connectivity index (χ1) is 12.8. The van der Waals surface area contributed by atoms with E-state index in [1.54, 1.807) is 31.5 Å². The molecule has 0 atom stereocenters. The SMILES string of the molecule is COc1cc(CNCc2ccccn2)ccc1OCc1ccccc1F. The van der Waals surface area contributed by atoms with E-state index in [0.29, 0.717) is 30.2 Å². The number of hydrogen-bond acceptors (Lipinski definition) is 4. The molecule has 0 aliphatic carbocycles. The third kappa shape index (κ3) is 4.80. The van der Waals surface area contributed by atoms with Crippen molar-refractivity contribution in [3.63, 3.8) is 0 Å². The molecular formula is C21H21FN2O2. The highest BCUT2D eigenvalue weighted by molar-refractivity contribution is 5.43. The molecule has 2 aromatic carbocycles. The highest BCUT2D eigenvalue weighted by Crippen LogP contribution is 2.29. The van der Waals surface area contributed by atoms with Crippen LogP contribution in [0.4, 0.5) is 4.39 Å². The van der Waals surface area contributed by atoms with Gasteiger partial charge in [-0.05, 0) is 35.9 Å². The molecule has 0 aliphatic heterocycles. The van der Waals surface area contributed by atoms with Crippen molar-refractivity contribution in [1.82, 2.24) is 10.3 Å². The van der Waals surface area contributed by atoms with Gasteiger partial charge in [0, 0.05) is 24.8 Å². The summed E-state index contributed by atoms with van der Waals surface area (Å²) in [6.07, 6.45) is 1.78. The average Bonchev–Trinajstić information content (AvgIpc) is 2.68. The third-order valence-corrected chi connectivity index (χ3v) is 3.93. The zero-order chi connectivity index (χ0) is 18.2. The quantitative estimate of drug-likeness (QED) is 0.663. The van der Waals surface area contributed by atoms with E-state index >= 15 is 0 Å². The summed E-state index contributed by atoms with van der Waals surface area (Å²) in [6, 6.07) is 18.1. The molecule has 3 aromatic rings. The zero-order valence-electron chi connectivity index (χ0n) is 14.6. The van der Waals surface area contributed by atoms with Gasteiger partial charge in [0.05, 0.1) is 12.8 Å². The molecule has 0 unspecified atom stereocenters. The molecule has 26 heavy (non-hydrogen) atoms. The van der Waals surface area contributed by atoms with E-state index in [9.17, 15) is 4.39 Å². The maximum atomic E-state index is 13.7. The Morgan fingerprint density at radius 1 is 0.962 bits per heavy atom. The van der Waals surface area contributed by atoms with Gasteiger partial charge in [-0.2, -0.15) is 0 Å². The number of rotatable bonds is 8. The van der Waals surface area contributed by atoms with Crippen molar-refractivity contribution < 1.29 is 13.9 Å². The summed E-state index contributed by atoms with van der Waals surface area (Å²) in [5.41, 5.74) is 2.57. The Balaban J connectivity index is 1.59. The van der Waals surface area contributed by atoms with Crippen LogP contribution in [0.25, 0.3) is 0 Å². The lowest BCUT2D eigenvalue weighted by molar-refractivity contribution is 0.279. The molecule has 3 rings (SSSR count). The molecule has 0 saturated carbocycles. The maximum Gasteiger partial charge on any atom is 0.161 e. The molecule has 1 aromatic heterocycles. The van der Waals surface area contributed by atoms with Gasteiger partial charge in [-0.1, -0.05) is 30.3 Å². The van der Waals surface area contributed by atoms with Crippen molar-refractivity contribution in [3.05, 3.63) is 89.5 Å². The maximum absolute atomic E-state index is 13.7. The number of nitrogens with zero attached hydrogens (tertiary/aromatic N) is 1.